The Balaban J connectivity index is 1.86. The number of phenols is 1. The minimum atomic E-state index is -0.937. The molecule has 1 aromatic rings. The normalized spacial score (nSPS) is 22.9. The summed E-state index contributed by atoms with van der Waals surface area (Å²) >= 11 is 0. The van der Waals surface area contributed by atoms with Gasteiger partial charge in [0.1, 0.15) is 0 Å². The van der Waals surface area contributed by atoms with Crippen LogP contribution in [0.25, 0.3) is 0 Å². The van der Waals surface area contributed by atoms with Crippen LogP contribution in [0.2, 0.25) is 0 Å². The Morgan fingerprint density at radius 3 is 2.30 bits per heavy atom. The minimum absolute atomic E-state index is 0.203. The number of rotatable bonds is 5. The summed E-state index contributed by atoms with van der Waals surface area (Å²) in [4.78, 5) is 0. The number of phenolic OH excluding ortho intramolecular Hbond substituents is 1. The minimum Gasteiger partial charge on any atom is -0.503 e. The van der Waals surface area contributed by atoms with Crippen LogP contribution >= 0.6 is 0 Å². The van der Waals surface area contributed by atoms with Crippen LogP contribution < -0.4 is 5.32 Å². The standard InChI is InChI=1S/C15H21F2NO2/c16-13-5-10(6-14(17)15(13)20)7-18-8-11-3-1-2-4-12(11)9-19/h5-6,11-12,18-20H,1-4,7-9H2. The van der Waals surface area contributed by atoms with Gasteiger partial charge in [-0.05, 0) is 48.9 Å². The first-order chi connectivity index (χ1) is 9.61. The molecule has 0 heterocycles. The van der Waals surface area contributed by atoms with Crippen LogP contribution in [0.5, 0.6) is 5.75 Å². The van der Waals surface area contributed by atoms with Crippen molar-refractivity contribution in [3.8, 4) is 5.75 Å². The van der Waals surface area contributed by atoms with Gasteiger partial charge in [-0.25, -0.2) is 8.78 Å². The van der Waals surface area contributed by atoms with Gasteiger partial charge in [0.05, 0.1) is 0 Å². The van der Waals surface area contributed by atoms with Crippen LogP contribution in [0.15, 0.2) is 12.1 Å². The summed E-state index contributed by atoms with van der Waals surface area (Å²) in [6.45, 7) is 1.28. The maximum Gasteiger partial charge on any atom is 0.187 e. The van der Waals surface area contributed by atoms with E-state index in [4.69, 9.17) is 5.11 Å². The molecule has 1 saturated carbocycles. The van der Waals surface area contributed by atoms with Gasteiger partial charge in [0, 0.05) is 13.2 Å². The molecule has 1 aliphatic rings. The van der Waals surface area contributed by atoms with Crippen molar-refractivity contribution in [2.45, 2.75) is 32.2 Å². The fraction of sp³-hybridized carbons (Fsp3) is 0.600. The van der Waals surface area contributed by atoms with Gasteiger partial charge < -0.3 is 15.5 Å². The average Bonchev–Trinajstić information content (AvgIpc) is 2.45. The van der Waals surface area contributed by atoms with Gasteiger partial charge in [-0.3, -0.25) is 0 Å². The zero-order chi connectivity index (χ0) is 14.5. The first kappa shape index (κ1) is 15.2. The highest BCUT2D eigenvalue weighted by molar-refractivity contribution is 5.29. The number of aromatic hydroxyl groups is 1. The van der Waals surface area contributed by atoms with Crippen LogP contribution in [0.4, 0.5) is 8.78 Å². The number of hydrogen-bond acceptors (Lipinski definition) is 3. The summed E-state index contributed by atoms with van der Waals surface area (Å²) < 4.78 is 26.4. The molecule has 1 fully saturated rings. The second-order valence-corrected chi connectivity index (χ2v) is 5.53. The molecule has 0 radical (unpaired) electrons. The maximum absolute atomic E-state index is 13.2. The van der Waals surface area contributed by atoms with Gasteiger partial charge in [0.25, 0.3) is 0 Å². The van der Waals surface area contributed by atoms with E-state index in [-0.39, 0.29) is 6.61 Å². The number of aliphatic hydroxyl groups is 1. The molecule has 3 nitrogen and oxygen atoms in total. The Bertz CT molecular complexity index is 430. The molecular formula is C15H21F2NO2. The van der Waals surface area contributed by atoms with E-state index in [1.807, 2.05) is 0 Å². The lowest BCUT2D eigenvalue weighted by atomic mass is 9.79. The molecule has 0 spiro atoms. The van der Waals surface area contributed by atoms with Crippen LogP contribution in [0, 0.1) is 23.5 Å². The maximum atomic E-state index is 13.2. The van der Waals surface area contributed by atoms with Crippen molar-refractivity contribution in [2.75, 3.05) is 13.2 Å². The predicted molar refractivity (Wildman–Crippen MR) is 72.3 cm³/mol. The number of halogens is 2. The Morgan fingerprint density at radius 1 is 1.10 bits per heavy atom. The van der Waals surface area contributed by atoms with Crippen LogP contribution in [0.1, 0.15) is 31.2 Å². The van der Waals surface area contributed by atoms with Crippen molar-refractivity contribution in [1.82, 2.24) is 5.32 Å². The third-order valence-corrected chi connectivity index (χ3v) is 4.11. The Labute approximate surface area is 117 Å². The zero-order valence-corrected chi connectivity index (χ0v) is 11.4. The van der Waals surface area contributed by atoms with Crippen molar-refractivity contribution in [2.24, 2.45) is 11.8 Å². The van der Waals surface area contributed by atoms with Gasteiger partial charge >= 0.3 is 0 Å². The number of hydrogen-bond donors (Lipinski definition) is 3. The Hall–Kier alpha value is -1.20. The van der Waals surface area contributed by atoms with E-state index in [9.17, 15) is 13.9 Å². The molecule has 2 unspecified atom stereocenters. The fourth-order valence-electron chi connectivity index (χ4n) is 2.92. The molecule has 0 aromatic heterocycles. The summed E-state index contributed by atoms with van der Waals surface area (Å²) in [5.41, 5.74) is 0.467. The third kappa shape index (κ3) is 3.67. The molecule has 3 N–H and O–H groups in total. The largest absolute Gasteiger partial charge is 0.503 e. The molecule has 20 heavy (non-hydrogen) atoms. The molecule has 0 bridgehead atoms. The summed E-state index contributed by atoms with van der Waals surface area (Å²) in [6.07, 6.45) is 4.46. The molecule has 2 atom stereocenters. The molecule has 0 aliphatic heterocycles. The number of aliphatic hydroxyl groups excluding tert-OH is 1. The first-order valence-corrected chi connectivity index (χ1v) is 7.10. The molecule has 5 heteroatoms. The van der Waals surface area contributed by atoms with Crippen molar-refractivity contribution in [3.05, 3.63) is 29.3 Å². The molecule has 2 rings (SSSR count). The smallest absolute Gasteiger partial charge is 0.187 e. The molecule has 1 aliphatic carbocycles. The average molecular weight is 285 g/mol. The van der Waals surface area contributed by atoms with Gasteiger partial charge in [-0.15, -0.1) is 0 Å². The molecule has 1 aromatic carbocycles. The lowest BCUT2D eigenvalue weighted by Gasteiger charge is -2.30. The topological polar surface area (TPSA) is 52.5 Å². The summed E-state index contributed by atoms with van der Waals surface area (Å²) in [5.74, 6) is -2.06. The molecule has 0 amide bonds. The molecule has 112 valence electrons. The first-order valence-electron chi connectivity index (χ1n) is 7.10. The van der Waals surface area contributed by atoms with E-state index in [1.54, 1.807) is 0 Å². The van der Waals surface area contributed by atoms with E-state index in [2.05, 4.69) is 5.32 Å². The Kier molecular flexibility index (Phi) is 5.31. The lowest BCUT2D eigenvalue weighted by molar-refractivity contribution is 0.133. The van der Waals surface area contributed by atoms with E-state index in [1.165, 1.54) is 6.42 Å². The highest BCUT2D eigenvalue weighted by Crippen LogP contribution is 2.29. The molecule has 0 saturated heterocycles. The monoisotopic (exact) mass is 285 g/mol. The zero-order valence-electron chi connectivity index (χ0n) is 11.4. The van der Waals surface area contributed by atoms with Crippen LogP contribution in [-0.2, 0) is 6.54 Å². The fourth-order valence-corrected chi connectivity index (χ4v) is 2.92. The third-order valence-electron chi connectivity index (χ3n) is 4.11. The van der Waals surface area contributed by atoms with Crippen molar-refractivity contribution in [3.63, 3.8) is 0 Å². The van der Waals surface area contributed by atoms with Crippen molar-refractivity contribution >= 4 is 0 Å². The van der Waals surface area contributed by atoms with Crippen LogP contribution in [-0.4, -0.2) is 23.4 Å². The predicted octanol–water partition coefficient (Wildman–Crippen LogP) is 2.56. The Morgan fingerprint density at radius 2 is 1.70 bits per heavy atom. The lowest BCUT2D eigenvalue weighted by Crippen LogP contribution is -2.32. The van der Waals surface area contributed by atoms with E-state index < -0.39 is 17.4 Å². The number of nitrogens with one attached hydrogen (secondary N) is 1. The van der Waals surface area contributed by atoms with Crippen molar-refractivity contribution < 1.29 is 19.0 Å². The second-order valence-electron chi connectivity index (χ2n) is 5.53. The number of benzene rings is 1. The van der Waals surface area contributed by atoms with Gasteiger partial charge in [0.15, 0.2) is 17.4 Å². The quantitative estimate of drug-likeness (QED) is 0.779. The van der Waals surface area contributed by atoms with E-state index in [0.717, 1.165) is 37.9 Å². The van der Waals surface area contributed by atoms with Gasteiger partial charge in [-0.2, -0.15) is 0 Å². The van der Waals surface area contributed by atoms with E-state index >= 15 is 0 Å². The summed E-state index contributed by atoms with van der Waals surface area (Å²) in [5, 5.41) is 21.5. The van der Waals surface area contributed by atoms with Gasteiger partial charge in [0.2, 0.25) is 0 Å². The van der Waals surface area contributed by atoms with Crippen LogP contribution in [0.3, 0.4) is 0 Å². The summed E-state index contributed by atoms with van der Waals surface area (Å²) in [6, 6.07) is 2.27. The van der Waals surface area contributed by atoms with Gasteiger partial charge in [-0.1, -0.05) is 12.8 Å². The second kappa shape index (κ2) is 6.99. The highest BCUT2D eigenvalue weighted by Gasteiger charge is 2.23. The van der Waals surface area contributed by atoms with Crippen molar-refractivity contribution in [1.29, 1.82) is 0 Å². The summed E-state index contributed by atoms with van der Waals surface area (Å²) in [7, 11) is 0. The van der Waals surface area contributed by atoms with E-state index in [0.29, 0.717) is 23.9 Å². The SMILES string of the molecule is OCC1CCCCC1CNCc1cc(F)c(O)c(F)c1. The highest BCUT2D eigenvalue weighted by atomic mass is 19.1. The molecular weight excluding hydrogens is 264 g/mol.